The van der Waals surface area contributed by atoms with Gasteiger partial charge in [0.05, 0.1) is 24.7 Å². The average Bonchev–Trinajstić information content (AvgIpc) is 2.90. The summed E-state index contributed by atoms with van der Waals surface area (Å²) in [5.41, 5.74) is 7.75. The Morgan fingerprint density at radius 3 is 2.76 bits per heavy atom. The van der Waals surface area contributed by atoms with E-state index >= 15 is 0 Å². The summed E-state index contributed by atoms with van der Waals surface area (Å²) in [5.74, 6) is -0.765. The smallest absolute Gasteiger partial charge is 0.273 e. The van der Waals surface area contributed by atoms with Crippen molar-refractivity contribution in [3.05, 3.63) is 47.0 Å². The molecule has 0 aliphatic heterocycles. The number of carbonyl (C=O) groups is 2. The average molecular weight is 340 g/mol. The second-order valence-electron chi connectivity index (χ2n) is 5.50. The van der Waals surface area contributed by atoms with E-state index in [0.29, 0.717) is 19.4 Å². The molecule has 0 aromatic carbocycles. The van der Waals surface area contributed by atoms with Crippen LogP contribution >= 0.6 is 0 Å². The normalized spacial score (nSPS) is 10.1. The van der Waals surface area contributed by atoms with E-state index in [1.165, 1.54) is 6.20 Å². The number of amides is 2. The lowest BCUT2D eigenvalue weighted by Crippen LogP contribution is -2.42. The van der Waals surface area contributed by atoms with E-state index in [-0.39, 0.29) is 18.0 Å². The minimum atomic E-state index is -0.467. The number of nitrogens with one attached hydrogen (secondary N) is 2. The van der Waals surface area contributed by atoms with Crippen LogP contribution in [0.5, 0.6) is 0 Å². The van der Waals surface area contributed by atoms with Gasteiger partial charge in [-0.25, -0.2) is 0 Å². The number of aromatic nitrogens is 3. The topological polar surface area (TPSA) is 113 Å². The van der Waals surface area contributed by atoms with Gasteiger partial charge in [0.15, 0.2) is 0 Å². The molecule has 0 spiro atoms. The highest BCUT2D eigenvalue weighted by Gasteiger charge is 2.13. The van der Waals surface area contributed by atoms with Crippen LogP contribution in [0.15, 0.2) is 24.4 Å². The quantitative estimate of drug-likeness (QED) is 0.767. The summed E-state index contributed by atoms with van der Waals surface area (Å²) in [6.45, 7) is 4.34. The Hall–Kier alpha value is -3.21. The number of aryl methyl sites for hydroxylation is 2. The number of carbonyl (C=O) groups excluding carboxylic acids is 2. The number of hydrogen-bond donors (Lipinski definition) is 2. The van der Waals surface area contributed by atoms with Crippen LogP contribution in [-0.4, -0.2) is 26.6 Å². The van der Waals surface area contributed by atoms with Crippen molar-refractivity contribution in [2.45, 2.75) is 39.7 Å². The minimum absolute atomic E-state index is 0.216. The first-order valence-corrected chi connectivity index (χ1v) is 7.93. The summed E-state index contributed by atoms with van der Waals surface area (Å²) in [6, 6.07) is 7.05. The second kappa shape index (κ2) is 8.59. The summed E-state index contributed by atoms with van der Waals surface area (Å²) in [4.78, 5) is 27.6. The Labute approximate surface area is 145 Å². The predicted octanol–water partition coefficient (Wildman–Crippen LogP) is 1.20. The molecule has 2 heterocycles. The molecule has 8 heteroatoms. The van der Waals surface area contributed by atoms with Crippen molar-refractivity contribution in [1.29, 1.82) is 5.26 Å². The maximum atomic E-state index is 11.9. The molecule has 0 radical (unpaired) electrons. The molecule has 2 N–H and O–H groups in total. The van der Waals surface area contributed by atoms with Gasteiger partial charge >= 0.3 is 0 Å². The van der Waals surface area contributed by atoms with Gasteiger partial charge in [-0.3, -0.25) is 30.1 Å². The zero-order valence-corrected chi connectivity index (χ0v) is 14.2. The Morgan fingerprint density at radius 2 is 2.08 bits per heavy atom. The van der Waals surface area contributed by atoms with E-state index in [9.17, 15) is 9.59 Å². The number of hydrazine groups is 1. The van der Waals surface area contributed by atoms with Crippen molar-refractivity contribution in [2.75, 3.05) is 0 Å². The zero-order valence-electron chi connectivity index (χ0n) is 14.2. The van der Waals surface area contributed by atoms with Crippen LogP contribution in [0, 0.1) is 25.2 Å². The van der Waals surface area contributed by atoms with Gasteiger partial charge in [-0.05, 0) is 38.0 Å². The highest BCUT2D eigenvalue weighted by atomic mass is 16.2. The third-order valence-corrected chi connectivity index (χ3v) is 3.78. The van der Waals surface area contributed by atoms with Crippen LogP contribution in [0.4, 0.5) is 0 Å². The van der Waals surface area contributed by atoms with Gasteiger partial charge in [-0.15, -0.1) is 0 Å². The van der Waals surface area contributed by atoms with Crippen LogP contribution in [-0.2, 0) is 17.8 Å². The van der Waals surface area contributed by atoms with Gasteiger partial charge in [0.1, 0.15) is 5.69 Å². The molecule has 2 amide bonds. The molecular formula is C17H20N6O2. The fraction of sp³-hybridized carbons (Fsp3) is 0.353. The Morgan fingerprint density at radius 1 is 1.28 bits per heavy atom. The first-order valence-electron chi connectivity index (χ1n) is 7.93. The molecule has 0 aliphatic rings. The molecule has 0 atom stereocenters. The summed E-state index contributed by atoms with van der Waals surface area (Å²) in [5, 5.41) is 13.1. The van der Waals surface area contributed by atoms with E-state index in [1.807, 2.05) is 13.8 Å². The van der Waals surface area contributed by atoms with Crippen LogP contribution in [0.2, 0.25) is 0 Å². The number of nitrogens with zero attached hydrogens (tertiary/aromatic N) is 4. The van der Waals surface area contributed by atoms with Gasteiger partial charge in [-0.1, -0.05) is 6.07 Å². The summed E-state index contributed by atoms with van der Waals surface area (Å²) in [7, 11) is 0. The zero-order chi connectivity index (χ0) is 18.2. The lowest BCUT2D eigenvalue weighted by molar-refractivity contribution is -0.121. The largest absolute Gasteiger partial charge is 0.288 e. The molecule has 2 aromatic rings. The summed E-state index contributed by atoms with van der Waals surface area (Å²) >= 11 is 0. The Kier molecular flexibility index (Phi) is 6.23. The van der Waals surface area contributed by atoms with Crippen LogP contribution in [0.25, 0.3) is 0 Å². The molecular weight excluding hydrogens is 320 g/mol. The highest BCUT2D eigenvalue weighted by molar-refractivity contribution is 5.93. The van der Waals surface area contributed by atoms with Crippen LogP contribution in [0.1, 0.15) is 40.3 Å². The van der Waals surface area contributed by atoms with Crippen LogP contribution in [0.3, 0.4) is 0 Å². The minimum Gasteiger partial charge on any atom is -0.273 e. The molecule has 0 saturated carbocycles. The van der Waals surface area contributed by atoms with E-state index in [2.05, 4.69) is 27.0 Å². The molecule has 25 heavy (non-hydrogen) atoms. The van der Waals surface area contributed by atoms with Crippen molar-refractivity contribution in [3.63, 3.8) is 0 Å². The van der Waals surface area contributed by atoms with Gasteiger partial charge < -0.3 is 0 Å². The molecule has 0 fully saturated rings. The third kappa shape index (κ3) is 4.88. The number of pyridine rings is 1. The highest BCUT2D eigenvalue weighted by Crippen LogP contribution is 2.15. The molecule has 0 bridgehead atoms. The molecule has 0 unspecified atom stereocenters. The number of hydrogen-bond acceptors (Lipinski definition) is 5. The lowest BCUT2D eigenvalue weighted by Gasteiger charge is -2.07. The predicted molar refractivity (Wildman–Crippen MR) is 90.1 cm³/mol. The number of rotatable bonds is 6. The summed E-state index contributed by atoms with van der Waals surface area (Å²) in [6.07, 6.45) is 2.62. The van der Waals surface area contributed by atoms with Gasteiger partial charge in [0, 0.05) is 18.3 Å². The molecule has 130 valence electrons. The molecule has 2 aromatic heterocycles. The second-order valence-corrected chi connectivity index (χ2v) is 5.50. The lowest BCUT2D eigenvalue weighted by atomic mass is 10.1. The van der Waals surface area contributed by atoms with Gasteiger partial charge in [-0.2, -0.15) is 10.4 Å². The first kappa shape index (κ1) is 18.1. The van der Waals surface area contributed by atoms with Gasteiger partial charge in [0.2, 0.25) is 5.91 Å². The SMILES string of the molecule is Cc1nn(CCC#N)c(C)c1CCC(=O)NNC(=O)c1ccccn1. The monoisotopic (exact) mass is 340 g/mol. The molecule has 8 nitrogen and oxygen atoms in total. The van der Waals surface area contributed by atoms with E-state index in [4.69, 9.17) is 5.26 Å². The van der Waals surface area contributed by atoms with E-state index in [0.717, 1.165) is 17.0 Å². The van der Waals surface area contributed by atoms with Gasteiger partial charge in [0.25, 0.3) is 5.91 Å². The van der Waals surface area contributed by atoms with Crippen molar-refractivity contribution in [1.82, 2.24) is 25.6 Å². The van der Waals surface area contributed by atoms with Crippen molar-refractivity contribution < 1.29 is 9.59 Å². The first-order chi connectivity index (χ1) is 12.0. The van der Waals surface area contributed by atoms with E-state index < -0.39 is 5.91 Å². The molecule has 0 saturated heterocycles. The Bertz CT molecular complexity index is 791. The number of nitriles is 1. The van der Waals surface area contributed by atoms with Crippen molar-refractivity contribution >= 4 is 11.8 Å². The van der Waals surface area contributed by atoms with E-state index in [1.54, 1.807) is 22.9 Å². The molecule has 2 rings (SSSR count). The fourth-order valence-electron chi connectivity index (χ4n) is 2.46. The molecule has 0 aliphatic carbocycles. The Balaban J connectivity index is 1.85. The standard InChI is InChI=1S/C17H20N6O2/c1-12-14(13(2)23(22-12)11-5-9-18)7-8-16(24)20-21-17(25)15-6-3-4-10-19-15/h3-4,6,10H,5,7-8,11H2,1-2H3,(H,20,24)(H,21,25). The maximum Gasteiger partial charge on any atom is 0.288 e. The maximum absolute atomic E-state index is 11.9. The fourth-order valence-corrected chi connectivity index (χ4v) is 2.46. The third-order valence-electron chi connectivity index (χ3n) is 3.78. The van der Waals surface area contributed by atoms with Crippen LogP contribution < -0.4 is 10.9 Å². The van der Waals surface area contributed by atoms with Crippen molar-refractivity contribution in [3.8, 4) is 6.07 Å². The van der Waals surface area contributed by atoms with Crippen molar-refractivity contribution in [2.24, 2.45) is 0 Å². The summed E-state index contributed by atoms with van der Waals surface area (Å²) < 4.78 is 1.79.